The molecule has 0 unspecified atom stereocenters. The van der Waals surface area contributed by atoms with E-state index in [1.165, 1.54) is 0 Å². The topological polar surface area (TPSA) is 74.8 Å². The number of amides is 1. The standard InChI is InChI=1S/C21H28N4O2/c1-4-22-21(25-15-18-11-10-16(2)14-19(18)27-3)24-13-12-23-20(26)17-8-6-5-7-9-17/h5-11,14H,4,12-13,15H2,1-3H3,(H,23,26)(H2,22,24,25). The highest BCUT2D eigenvalue weighted by Crippen LogP contribution is 2.20. The number of nitrogens with one attached hydrogen (secondary N) is 3. The van der Waals surface area contributed by atoms with Crippen molar-refractivity contribution in [3.63, 3.8) is 0 Å². The van der Waals surface area contributed by atoms with Gasteiger partial charge >= 0.3 is 0 Å². The molecule has 0 saturated heterocycles. The van der Waals surface area contributed by atoms with E-state index in [-0.39, 0.29) is 5.91 Å². The summed E-state index contributed by atoms with van der Waals surface area (Å²) in [6.07, 6.45) is 0. The zero-order chi connectivity index (χ0) is 19.5. The van der Waals surface area contributed by atoms with Crippen LogP contribution in [-0.4, -0.2) is 38.6 Å². The maximum absolute atomic E-state index is 12.0. The lowest BCUT2D eigenvalue weighted by Crippen LogP contribution is -2.41. The van der Waals surface area contributed by atoms with Crippen LogP contribution >= 0.6 is 0 Å². The van der Waals surface area contributed by atoms with Gasteiger partial charge in [-0.15, -0.1) is 0 Å². The minimum Gasteiger partial charge on any atom is -0.496 e. The average Bonchev–Trinajstić information content (AvgIpc) is 2.70. The predicted molar refractivity (Wildman–Crippen MR) is 109 cm³/mol. The highest BCUT2D eigenvalue weighted by Gasteiger charge is 2.05. The number of nitrogens with zero attached hydrogens (tertiary/aromatic N) is 1. The first-order valence-corrected chi connectivity index (χ1v) is 9.13. The van der Waals surface area contributed by atoms with Crippen molar-refractivity contribution >= 4 is 11.9 Å². The van der Waals surface area contributed by atoms with E-state index in [4.69, 9.17) is 4.74 Å². The molecule has 27 heavy (non-hydrogen) atoms. The van der Waals surface area contributed by atoms with Crippen molar-refractivity contribution in [2.24, 2.45) is 4.99 Å². The van der Waals surface area contributed by atoms with Crippen LogP contribution in [0.25, 0.3) is 0 Å². The summed E-state index contributed by atoms with van der Waals surface area (Å²) in [5.41, 5.74) is 2.83. The molecule has 0 atom stereocenters. The molecule has 3 N–H and O–H groups in total. The van der Waals surface area contributed by atoms with Crippen molar-refractivity contribution in [2.45, 2.75) is 20.4 Å². The Labute approximate surface area is 161 Å². The normalized spacial score (nSPS) is 11.0. The van der Waals surface area contributed by atoms with Crippen molar-refractivity contribution in [3.05, 3.63) is 65.2 Å². The quantitative estimate of drug-likeness (QED) is 0.380. The summed E-state index contributed by atoms with van der Waals surface area (Å²) in [5.74, 6) is 1.46. The van der Waals surface area contributed by atoms with E-state index in [9.17, 15) is 4.79 Å². The first-order valence-electron chi connectivity index (χ1n) is 9.13. The third-order valence-electron chi connectivity index (χ3n) is 3.93. The van der Waals surface area contributed by atoms with E-state index in [1.807, 2.05) is 50.2 Å². The number of aryl methyl sites for hydroxylation is 1. The largest absolute Gasteiger partial charge is 0.496 e. The zero-order valence-electron chi connectivity index (χ0n) is 16.2. The van der Waals surface area contributed by atoms with Crippen LogP contribution < -0.4 is 20.7 Å². The molecule has 0 heterocycles. The maximum Gasteiger partial charge on any atom is 0.251 e. The maximum atomic E-state index is 12.0. The summed E-state index contributed by atoms with van der Waals surface area (Å²) in [7, 11) is 1.67. The molecule has 1 amide bonds. The van der Waals surface area contributed by atoms with Gasteiger partial charge in [-0.2, -0.15) is 0 Å². The van der Waals surface area contributed by atoms with Crippen LogP contribution in [0.3, 0.4) is 0 Å². The number of hydrogen-bond donors (Lipinski definition) is 3. The molecule has 2 aromatic carbocycles. The Kier molecular flexibility index (Phi) is 8.16. The molecule has 0 aliphatic heterocycles. The van der Waals surface area contributed by atoms with E-state index >= 15 is 0 Å². The van der Waals surface area contributed by atoms with E-state index in [1.54, 1.807) is 19.2 Å². The molecule has 0 radical (unpaired) electrons. The summed E-state index contributed by atoms with van der Waals surface area (Å²) in [5, 5.41) is 9.33. The molecule has 0 aliphatic carbocycles. The number of carbonyl (C=O) groups is 1. The summed E-state index contributed by atoms with van der Waals surface area (Å²) in [6, 6.07) is 15.3. The number of ether oxygens (including phenoxy) is 1. The van der Waals surface area contributed by atoms with Gasteiger partial charge in [-0.3, -0.25) is 4.79 Å². The van der Waals surface area contributed by atoms with Gasteiger partial charge in [0.2, 0.25) is 0 Å². The Balaban J connectivity index is 1.86. The molecule has 0 aromatic heterocycles. The van der Waals surface area contributed by atoms with Crippen LogP contribution in [0, 0.1) is 6.92 Å². The van der Waals surface area contributed by atoms with E-state index in [2.05, 4.69) is 20.9 Å². The monoisotopic (exact) mass is 368 g/mol. The Bertz CT molecular complexity index is 760. The fourth-order valence-electron chi connectivity index (χ4n) is 2.54. The fraction of sp³-hybridized carbons (Fsp3) is 0.333. The molecule has 0 bridgehead atoms. The molecular formula is C21H28N4O2. The van der Waals surface area contributed by atoms with Gasteiger partial charge < -0.3 is 20.7 Å². The number of aliphatic imine (C=N–C) groups is 1. The lowest BCUT2D eigenvalue weighted by atomic mass is 10.1. The van der Waals surface area contributed by atoms with Gasteiger partial charge in [-0.25, -0.2) is 4.99 Å². The first kappa shape index (κ1) is 20.3. The first-order chi connectivity index (χ1) is 13.1. The van der Waals surface area contributed by atoms with Gasteiger partial charge in [-0.05, 0) is 37.6 Å². The number of guanidine groups is 1. The molecular weight excluding hydrogens is 340 g/mol. The number of carbonyl (C=O) groups excluding carboxylic acids is 1. The second-order valence-corrected chi connectivity index (χ2v) is 6.06. The molecule has 144 valence electrons. The minimum absolute atomic E-state index is 0.0799. The third kappa shape index (κ3) is 6.66. The molecule has 2 rings (SSSR count). The van der Waals surface area contributed by atoms with Gasteiger partial charge in [0.1, 0.15) is 5.75 Å². The van der Waals surface area contributed by atoms with Gasteiger partial charge in [0, 0.05) is 30.8 Å². The van der Waals surface area contributed by atoms with Crippen molar-refractivity contribution < 1.29 is 9.53 Å². The molecule has 6 nitrogen and oxygen atoms in total. The third-order valence-corrected chi connectivity index (χ3v) is 3.93. The van der Waals surface area contributed by atoms with E-state index < -0.39 is 0 Å². The summed E-state index contributed by atoms with van der Waals surface area (Å²) >= 11 is 0. The number of hydrogen-bond acceptors (Lipinski definition) is 3. The van der Waals surface area contributed by atoms with Gasteiger partial charge in [0.05, 0.1) is 13.7 Å². The minimum atomic E-state index is -0.0799. The van der Waals surface area contributed by atoms with Crippen molar-refractivity contribution in [1.82, 2.24) is 16.0 Å². The van der Waals surface area contributed by atoms with Crippen LogP contribution in [-0.2, 0) is 6.54 Å². The van der Waals surface area contributed by atoms with E-state index in [0.29, 0.717) is 31.2 Å². The highest BCUT2D eigenvalue weighted by molar-refractivity contribution is 5.94. The zero-order valence-corrected chi connectivity index (χ0v) is 16.2. The van der Waals surface area contributed by atoms with Crippen molar-refractivity contribution in [2.75, 3.05) is 26.7 Å². The number of rotatable bonds is 8. The number of benzene rings is 2. The van der Waals surface area contributed by atoms with Gasteiger partial charge in [0.15, 0.2) is 5.96 Å². The Morgan fingerprint density at radius 2 is 1.78 bits per heavy atom. The second kappa shape index (κ2) is 10.9. The summed E-state index contributed by atoms with van der Waals surface area (Å²) < 4.78 is 5.43. The van der Waals surface area contributed by atoms with Crippen LogP contribution in [0.2, 0.25) is 0 Å². The highest BCUT2D eigenvalue weighted by atomic mass is 16.5. The van der Waals surface area contributed by atoms with Crippen molar-refractivity contribution in [3.8, 4) is 5.75 Å². The lowest BCUT2D eigenvalue weighted by Gasteiger charge is -2.13. The molecule has 0 aliphatic rings. The van der Waals surface area contributed by atoms with Gasteiger partial charge in [-0.1, -0.05) is 30.3 Å². The lowest BCUT2D eigenvalue weighted by molar-refractivity contribution is 0.0954. The van der Waals surface area contributed by atoms with Crippen LogP contribution in [0.5, 0.6) is 5.75 Å². The molecule has 2 aromatic rings. The Hall–Kier alpha value is -3.02. The Morgan fingerprint density at radius 3 is 2.48 bits per heavy atom. The van der Waals surface area contributed by atoms with Crippen LogP contribution in [0.15, 0.2) is 53.5 Å². The summed E-state index contributed by atoms with van der Waals surface area (Å²) in [6.45, 7) is 6.40. The van der Waals surface area contributed by atoms with Crippen LogP contribution in [0.1, 0.15) is 28.4 Å². The fourth-order valence-corrected chi connectivity index (χ4v) is 2.54. The van der Waals surface area contributed by atoms with E-state index in [0.717, 1.165) is 23.4 Å². The summed E-state index contributed by atoms with van der Waals surface area (Å²) in [4.78, 5) is 16.6. The molecule has 6 heteroatoms. The predicted octanol–water partition coefficient (Wildman–Crippen LogP) is 2.49. The number of methoxy groups -OCH3 is 1. The molecule has 0 fully saturated rings. The van der Waals surface area contributed by atoms with Gasteiger partial charge in [0.25, 0.3) is 5.91 Å². The van der Waals surface area contributed by atoms with Crippen molar-refractivity contribution in [1.29, 1.82) is 0 Å². The Morgan fingerprint density at radius 1 is 1.04 bits per heavy atom. The SMILES string of the molecule is CCNC(=NCc1ccc(C)cc1OC)NCCNC(=O)c1ccccc1. The van der Waals surface area contributed by atoms with Crippen LogP contribution in [0.4, 0.5) is 0 Å². The molecule has 0 spiro atoms. The average molecular weight is 368 g/mol. The molecule has 0 saturated carbocycles. The smallest absolute Gasteiger partial charge is 0.251 e. The second-order valence-electron chi connectivity index (χ2n) is 6.06.